The fourth-order valence-corrected chi connectivity index (χ4v) is 1.29. The zero-order valence-corrected chi connectivity index (χ0v) is 8.94. The molecular formula is C13H14O2. The van der Waals surface area contributed by atoms with Gasteiger partial charge in [0, 0.05) is 0 Å². The van der Waals surface area contributed by atoms with Crippen LogP contribution >= 0.6 is 0 Å². The van der Waals surface area contributed by atoms with Crippen LogP contribution in [0.1, 0.15) is 6.92 Å². The summed E-state index contributed by atoms with van der Waals surface area (Å²) in [6.45, 7) is 1.44. The van der Waals surface area contributed by atoms with E-state index in [9.17, 15) is 0 Å². The predicted molar refractivity (Wildman–Crippen MR) is 62.2 cm³/mol. The lowest BCUT2D eigenvalue weighted by Crippen LogP contribution is -1.81. The lowest BCUT2D eigenvalue weighted by Gasteiger charge is -2.00. The molecule has 2 nitrogen and oxygen atoms in total. The van der Waals surface area contributed by atoms with Gasteiger partial charge >= 0.3 is 0 Å². The molecule has 0 heterocycles. The van der Waals surface area contributed by atoms with Crippen molar-refractivity contribution in [3.63, 3.8) is 0 Å². The van der Waals surface area contributed by atoms with E-state index in [-0.39, 0.29) is 0 Å². The Labute approximate surface area is 89.5 Å². The van der Waals surface area contributed by atoms with Crippen LogP contribution in [-0.4, -0.2) is 13.4 Å². The van der Waals surface area contributed by atoms with E-state index in [0.717, 1.165) is 12.0 Å². The molecule has 0 saturated carbocycles. The van der Waals surface area contributed by atoms with Gasteiger partial charge < -0.3 is 9.53 Å². The molecule has 0 spiro atoms. The number of carbonyl (C=O) groups is 1. The molecule has 0 unspecified atom stereocenters. The SMILES string of the molecule is CC=O.COc1ccc2ccccc2c1. The maximum Gasteiger partial charge on any atom is 0.119 e. The Morgan fingerprint density at radius 1 is 1.07 bits per heavy atom. The Morgan fingerprint density at radius 3 is 2.27 bits per heavy atom. The fraction of sp³-hybridized carbons (Fsp3) is 0.154. The number of hydrogen-bond acceptors (Lipinski definition) is 2. The zero-order valence-electron chi connectivity index (χ0n) is 8.94. The minimum Gasteiger partial charge on any atom is -0.497 e. The summed E-state index contributed by atoms with van der Waals surface area (Å²) >= 11 is 0. The van der Waals surface area contributed by atoms with Crippen LogP contribution in [0.25, 0.3) is 10.8 Å². The van der Waals surface area contributed by atoms with E-state index in [1.165, 1.54) is 17.7 Å². The van der Waals surface area contributed by atoms with Crippen molar-refractivity contribution in [2.45, 2.75) is 6.92 Å². The summed E-state index contributed by atoms with van der Waals surface area (Å²) in [4.78, 5) is 8.81. The normalized spacial score (nSPS) is 8.93. The molecule has 0 aliphatic heterocycles. The Balaban J connectivity index is 0.000000337. The van der Waals surface area contributed by atoms with E-state index in [1.807, 2.05) is 24.3 Å². The van der Waals surface area contributed by atoms with Crippen LogP contribution in [0.4, 0.5) is 0 Å². The van der Waals surface area contributed by atoms with Crippen molar-refractivity contribution >= 4 is 17.1 Å². The van der Waals surface area contributed by atoms with Crippen LogP contribution in [0.15, 0.2) is 42.5 Å². The summed E-state index contributed by atoms with van der Waals surface area (Å²) in [7, 11) is 1.68. The van der Waals surface area contributed by atoms with Gasteiger partial charge in [-0.25, -0.2) is 0 Å². The fourth-order valence-electron chi connectivity index (χ4n) is 1.29. The number of hydrogen-bond donors (Lipinski definition) is 0. The first kappa shape index (κ1) is 11.2. The Hall–Kier alpha value is -1.83. The molecule has 78 valence electrons. The van der Waals surface area contributed by atoms with Gasteiger partial charge in [0.05, 0.1) is 7.11 Å². The number of methoxy groups -OCH3 is 1. The van der Waals surface area contributed by atoms with Crippen molar-refractivity contribution in [2.75, 3.05) is 7.11 Å². The largest absolute Gasteiger partial charge is 0.497 e. The lowest BCUT2D eigenvalue weighted by molar-refractivity contribution is -0.106. The van der Waals surface area contributed by atoms with Gasteiger partial charge in [-0.1, -0.05) is 30.3 Å². The van der Waals surface area contributed by atoms with Gasteiger partial charge in [0.15, 0.2) is 0 Å². The summed E-state index contributed by atoms with van der Waals surface area (Å²) < 4.78 is 5.12. The first-order valence-electron chi connectivity index (χ1n) is 4.74. The zero-order chi connectivity index (χ0) is 11.1. The van der Waals surface area contributed by atoms with Crippen LogP contribution in [0, 0.1) is 0 Å². The maximum absolute atomic E-state index is 8.81. The summed E-state index contributed by atoms with van der Waals surface area (Å²) in [6.07, 6.45) is 0.750. The summed E-state index contributed by atoms with van der Waals surface area (Å²) in [5.74, 6) is 0.911. The number of aldehydes is 1. The first-order valence-corrected chi connectivity index (χ1v) is 4.74. The number of rotatable bonds is 1. The molecule has 2 rings (SSSR count). The molecule has 2 aromatic rings. The van der Waals surface area contributed by atoms with E-state index in [4.69, 9.17) is 9.53 Å². The van der Waals surface area contributed by atoms with Crippen LogP contribution in [-0.2, 0) is 4.79 Å². The number of benzene rings is 2. The molecule has 15 heavy (non-hydrogen) atoms. The third-order valence-electron chi connectivity index (χ3n) is 1.96. The van der Waals surface area contributed by atoms with Crippen LogP contribution in [0.5, 0.6) is 5.75 Å². The van der Waals surface area contributed by atoms with Gasteiger partial charge in [-0.05, 0) is 29.8 Å². The number of carbonyl (C=O) groups excluding carboxylic acids is 1. The molecule has 0 aromatic heterocycles. The van der Waals surface area contributed by atoms with Gasteiger partial charge in [0.25, 0.3) is 0 Å². The molecule has 0 bridgehead atoms. The van der Waals surface area contributed by atoms with E-state index in [0.29, 0.717) is 0 Å². The summed E-state index contributed by atoms with van der Waals surface area (Å²) in [5.41, 5.74) is 0. The first-order chi connectivity index (χ1) is 7.31. The minimum absolute atomic E-state index is 0.750. The highest BCUT2D eigenvalue weighted by atomic mass is 16.5. The predicted octanol–water partition coefficient (Wildman–Crippen LogP) is 3.05. The molecule has 0 radical (unpaired) electrons. The molecule has 2 heteroatoms. The van der Waals surface area contributed by atoms with Crippen molar-refractivity contribution in [1.82, 2.24) is 0 Å². The van der Waals surface area contributed by atoms with Gasteiger partial charge in [0.2, 0.25) is 0 Å². The highest BCUT2D eigenvalue weighted by molar-refractivity contribution is 5.83. The van der Waals surface area contributed by atoms with Crippen molar-refractivity contribution < 1.29 is 9.53 Å². The molecule has 0 fully saturated rings. The van der Waals surface area contributed by atoms with Crippen LogP contribution < -0.4 is 4.74 Å². The Kier molecular flexibility index (Phi) is 4.35. The van der Waals surface area contributed by atoms with Gasteiger partial charge in [-0.3, -0.25) is 0 Å². The van der Waals surface area contributed by atoms with Crippen LogP contribution in [0.2, 0.25) is 0 Å². The maximum atomic E-state index is 8.81. The molecule has 2 aromatic carbocycles. The quantitative estimate of drug-likeness (QED) is 0.664. The average Bonchev–Trinajstić information content (AvgIpc) is 2.29. The molecule has 0 N–H and O–H groups in total. The number of fused-ring (bicyclic) bond motifs is 1. The topological polar surface area (TPSA) is 26.3 Å². The van der Waals surface area contributed by atoms with Crippen LogP contribution in [0.3, 0.4) is 0 Å². The second-order valence-electron chi connectivity index (χ2n) is 2.95. The third-order valence-corrected chi connectivity index (χ3v) is 1.96. The summed E-state index contributed by atoms with van der Waals surface area (Å²) in [5, 5.41) is 2.47. The van der Waals surface area contributed by atoms with Crippen molar-refractivity contribution in [1.29, 1.82) is 0 Å². The van der Waals surface area contributed by atoms with E-state index >= 15 is 0 Å². The van der Waals surface area contributed by atoms with Gasteiger partial charge in [-0.15, -0.1) is 0 Å². The smallest absolute Gasteiger partial charge is 0.119 e. The molecular weight excluding hydrogens is 188 g/mol. The molecule has 0 saturated heterocycles. The van der Waals surface area contributed by atoms with Crippen molar-refractivity contribution in [3.8, 4) is 5.75 Å². The molecule has 0 aliphatic rings. The van der Waals surface area contributed by atoms with E-state index in [1.54, 1.807) is 7.11 Å². The minimum atomic E-state index is 0.750. The Morgan fingerprint density at radius 2 is 1.67 bits per heavy atom. The van der Waals surface area contributed by atoms with E-state index < -0.39 is 0 Å². The third kappa shape index (κ3) is 3.09. The average molecular weight is 202 g/mol. The van der Waals surface area contributed by atoms with Gasteiger partial charge in [-0.2, -0.15) is 0 Å². The second-order valence-corrected chi connectivity index (χ2v) is 2.95. The summed E-state index contributed by atoms with van der Waals surface area (Å²) in [6, 6.07) is 14.3. The van der Waals surface area contributed by atoms with Crippen molar-refractivity contribution in [2.24, 2.45) is 0 Å². The lowest BCUT2D eigenvalue weighted by atomic mass is 10.1. The number of ether oxygens (including phenoxy) is 1. The van der Waals surface area contributed by atoms with Gasteiger partial charge in [0.1, 0.15) is 12.0 Å². The Bertz CT molecular complexity index is 435. The van der Waals surface area contributed by atoms with E-state index in [2.05, 4.69) is 18.2 Å². The molecule has 0 amide bonds. The molecule has 0 aliphatic carbocycles. The highest BCUT2D eigenvalue weighted by Gasteiger charge is 1.93. The highest BCUT2D eigenvalue weighted by Crippen LogP contribution is 2.19. The molecule has 0 atom stereocenters. The monoisotopic (exact) mass is 202 g/mol. The van der Waals surface area contributed by atoms with Crippen molar-refractivity contribution in [3.05, 3.63) is 42.5 Å². The standard InChI is InChI=1S/C11H10O.C2H4O/c1-12-11-7-6-9-4-2-3-5-10(9)8-11;1-2-3/h2-8H,1H3;2H,1H3. The second kappa shape index (κ2) is 5.81.